The number of carbonyl (C=O) groups is 2. The molecule has 6 heteroatoms. The van der Waals surface area contributed by atoms with Crippen LogP contribution in [-0.4, -0.2) is 47.4 Å². The molecule has 0 saturated carbocycles. The highest BCUT2D eigenvalue weighted by molar-refractivity contribution is 5.76. The minimum Gasteiger partial charge on any atom is -0.466 e. The lowest BCUT2D eigenvalue weighted by Gasteiger charge is -2.20. The highest BCUT2D eigenvalue weighted by Crippen LogP contribution is 2.19. The Morgan fingerprint density at radius 3 is 0.987 bits per heavy atom. The number of nitrogens with one attached hydrogen (secondary N) is 1. The molecule has 6 nitrogen and oxygen atoms in total. The zero-order chi connectivity index (χ0) is 56.4. The van der Waals surface area contributed by atoms with Crippen molar-refractivity contribution in [3.05, 3.63) is 36.5 Å². The molecule has 78 heavy (non-hydrogen) atoms. The number of unbranched alkanes of at least 4 members (excludes halogenated alkanes) is 51. The van der Waals surface area contributed by atoms with E-state index in [-0.39, 0.29) is 18.5 Å². The molecular weight excluding hydrogens is 959 g/mol. The van der Waals surface area contributed by atoms with Gasteiger partial charge in [-0.15, -0.1) is 0 Å². The number of carbonyl (C=O) groups excluding carboxylic acids is 2. The van der Waals surface area contributed by atoms with Crippen LogP contribution >= 0.6 is 0 Å². The van der Waals surface area contributed by atoms with Crippen molar-refractivity contribution in [1.82, 2.24) is 5.32 Å². The summed E-state index contributed by atoms with van der Waals surface area (Å²) in [6.45, 7) is 4.91. The molecule has 0 aromatic heterocycles. The first-order valence-corrected chi connectivity index (χ1v) is 35.3. The van der Waals surface area contributed by atoms with E-state index in [1.165, 1.54) is 308 Å². The first kappa shape index (κ1) is 76.1. The largest absolute Gasteiger partial charge is 0.466 e. The number of ether oxygens (including phenoxy) is 1. The van der Waals surface area contributed by atoms with Crippen LogP contribution in [0.5, 0.6) is 0 Å². The maximum absolute atomic E-state index is 12.5. The summed E-state index contributed by atoms with van der Waals surface area (Å²) in [6.07, 6.45) is 86.5. The second-order valence-electron chi connectivity index (χ2n) is 24.2. The van der Waals surface area contributed by atoms with Crippen LogP contribution in [0.3, 0.4) is 0 Å². The summed E-state index contributed by atoms with van der Waals surface area (Å²) in [4.78, 5) is 24.6. The fourth-order valence-electron chi connectivity index (χ4n) is 11.0. The van der Waals surface area contributed by atoms with Crippen LogP contribution in [0, 0.1) is 0 Å². The minimum atomic E-state index is -0.844. The molecule has 0 heterocycles. The Balaban J connectivity index is 3.38. The van der Waals surface area contributed by atoms with Gasteiger partial charge in [0, 0.05) is 12.8 Å². The SMILES string of the molecule is CCCCCC/C=C\C/C=C\CCCCCCCC(=O)OCCCCCCCCCCCCCCCCCCCCCCCCCCCCC(=O)NC(CO)C(O)/C=C/CCCCCCCCCCCCCCCCCCC. The summed E-state index contributed by atoms with van der Waals surface area (Å²) in [7, 11) is 0. The summed E-state index contributed by atoms with van der Waals surface area (Å²) in [5.41, 5.74) is 0. The van der Waals surface area contributed by atoms with Gasteiger partial charge in [0.2, 0.25) is 5.91 Å². The summed E-state index contributed by atoms with van der Waals surface area (Å²) in [5, 5.41) is 23.2. The second-order valence-corrected chi connectivity index (χ2v) is 24.2. The Kier molecular flexibility index (Phi) is 65.9. The van der Waals surface area contributed by atoms with E-state index in [1.807, 2.05) is 6.08 Å². The lowest BCUT2D eigenvalue weighted by Crippen LogP contribution is -2.45. The van der Waals surface area contributed by atoms with Gasteiger partial charge in [-0.2, -0.15) is 0 Å². The molecular formula is C72H137NO5. The van der Waals surface area contributed by atoms with Gasteiger partial charge in [0.1, 0.15) is 0 Å². The van der Waals surface area contributed by atoms with Crippen LogP contribution in [-0.2, 0) is 14.3 Å². The van der Waals surface area contributed by atoms with Crippen molar-refractivity contribution in [2.24, 2.45) is 0 Å². The quantitative estimate of drug-likeness (QED) is 0.0320. The van der Waals surface area contributed by atoms with Gasteiger partial charge in [0.05, 0.1) is 25.4 Å². The Bertz CT molecular complexity index is 1260. The average molecular weight is 1100 g/mol. The van der Waals surface area contributed by atoms with Crippen LogP contribution in [0.2, 0.25) is 0 Å². The van der Waals surface area contributed by atoms with Gasteiger partial charge in [-0.1, -0.05) is 346 Å². The zero-order valence-electron chi connectivity index (χ0n) is 52.7. The number of hydrogen-bond donors (Lipinski definition) is 3. The van der Waals surface area contributed by atoms with E-state index >= 15 is 0 Å². The average Bonchev–Trinajstić information content (AvgIpc) is 3.44. The van der Waals surface area contributed by atoms with Gasteiger partial charge in [-0.25, -0.2) is 0 Å². The van der Waals surface area contributed by atoms with E-state index in [1.54, 1.807) is 6.08 Å². The van der Waals surface area contributed by atoms with Crippen LogP contribution in [0.15, 0.2) is 36.5 Å². The van der Waals surface area contributed by atoms with Gasteiger partial charge in [0.15, 0.2) is 0 Å². The number of hydrogen-bond acceptors (Lipinski definition) is 5. The van der Waals surface area contributed by atoms with Gasteiger partial charge >= 0.3 is 5.97 Å². The van der Waals surface area contributed by atoms with Crippen molar-refractivity contribution < 1.29 is 24.5 Å². The zero-order valence-corrected chi connectivity index (χ0v) is 52.7. The van der Waals surface area contributed by atoms with E-state index in [0.717, 1.165) is 51.4 Å². The molecule has 0 aliphatic rings. The van der Waals surface area contributed by atoms with E-state index in [4.69, 9.17) is 4.74 Å². The van der Waals surface area contributed by atoms with Crippen molar-refractivity contribution in [3.63, 3.8) is 0 Å². The number of aliphatic hydroxyl groups excluding tert-OH is 2. The van der Waals surface area contributed by atoms with Crippen molar-refractivity contribution in [1.29, 1.82) is 0 Å². The molecule has 3 N–H and O–H groups in total. The first-order chi connectivity index (χ1) is 38.5. The van der Waals surface area contributed by atoms with Crippen molar-refractivity contribution in [3.8, 4) is 0 Å². The lowest BCUT2D eigenvalue weighted by molar-refractivity contribution is -0.143. The molecule has 0 aromatic rings. The molecule has 0 bridgehead atoms. The number of rotatable bonds is 66. The molecule has 460 valence electrons. The number of allylic oxidation sites excluding steroid dienone is 5. The van der Waals surface area contributed by atoms with Crippen molar-refractivity contribution >= 4 is 11.9 Å². The molecule has 0 fully saturated rings. The highest BCUT2D eigenvalue weighted by Gasteiger charge is 2.18. The topological polar surface area (TPSA) is 95.9 Å². The third kappa shape index (κ3) is 63.3. The van der Waals surface area contributed by atoms with E-state index in [0.29, 0.717) is 19.4 Å². The standard InChI is InChI=1S/C72H137NO5/c1-3-5-7-9-11-13-15-17-19-21-30-33-36-40-44-48-52-56-60-64-70(75)69(68-74)73-71(76)65-61-57-53-49-45-41-37-34-31-28-26-24-22-23-25-27-29-32-35-39-43-47-51-55-59-63-67-78-72(77)66-62-58-54-50-46-42-38-20-18-16-14-12-10-8-6-4-2/h14,16,20,38,60,64,69-70,74-75H,3-13,15,17-19,21-37,39-59,61-63,65-68H2,1-2H3,(H,73,76)/b16-14-,38-20-,64-60+. The fraction of sp³-hybridized carbons (Fsp3) is 0.889. The number of esters is 1. The molecule has 2 atom stereocenters. The van der Waals surface area contributed by atoms with E-state index < -0.39 is 12.1 Å². The Morgan fingerprint density at radius 1 is 0.359 bits per heavy atom. The van der Waals surface area contributed by atoms with Crippen LogP contribution in [0.4, 0.5) is 0 Å². The molecule has 2 unspecified atom stereocenters. The smallest absolute Gasteiger partial charge is 0.305 e. The Morgan fingerprint density at radius 2 is 0.641 bits per heavy atom. The molecule has 0 radical (unpaired) electrons. The molecule has 0 rings (SSSR count). The van der Waals surface area contributed by atoms with Gasteiger partial charge < -0.3 is 20.3 Å². The van der Waals surface area contributed by atoms with Crippen molar-refractivity contribution in [2.75, 3.05) is 13.2 Å². The number of amides is 1. The van der Waals surface area contributed by atoms with Crippen LogP contribution in [0.1, 0.15) is 386 Å². The Hall–Kier alpha value is -1.92. The lowest BCUT2D eigenvalue weighted by atomic mass is 10.0. The van der Waals surface area contributed by atoms with E-state index in [9.17, 15) is 19.8 Å². The summed E-state index contributed by atoms with van der Waals surface area (Å²) < 4.78 is 5.49. The maximum atomic E-state index is 12.5. The normalized spacial score (nSPS) is 12.7. The summed E-state index contributed by atoms with van der Waals surface area (Å²) >= 11 is 0. The summed E-state index contributed by atoms with van der Waals surface area (Å²) in [6, 6.07) is -0.627. The molecule has 0 saturated heterocycles. The minimum absolute atomic E-state index is 0.00382. The maximum Gasteiger partial charge on any atom is 0.305 e. The second kappa shape index (κ2) is 67.6. The fourth-order valence-corrected chi connectivity index (χ4v) is 11.0. The van der Waals surface area contributed by atoms with E-state index in [2.05, 4.69) is 43.5 Å². The molecule has 0 spiro atoms. The summed E-state index contributed by atoms with van der Waals surface area (Å²) in [5.74, 6) is -0.0588. The number of aliphatic hydroxyl groups is 2. The van der Waals surface area contributed by atoms with Gasteiger partial charge in [-0.3, -0.25) is 9.59 Å². The monoisotopic (exact) mass is 1100 g/mol. The molecule has 1 amide bonds. The van der Waals surface area contributed by atoms with Gasteiger partial charge in [-0.05, 0) is 64.2 Å². The Labute approximate surface area is 487 Å². The predicted molar refractivity (Wildman–Crippen MR) is 343 cm³/mol. The molecule has 0 aliphatic heterocycles. The van der Waals surface area contributed by atoms with Crippen molar-refractivity contribution in [2.45, 2.75) is 398 Å². The van der Waals surface area contributed by atoms with Gasteiger partial charge in [0.25, 0.3) is 0 Å². The third-order valence-electron chi connectivity index (χ3n) is 16.4. The first-order valence-electron chi connectivity index (χ1n) is 35.3. The molecule has 0 aliphatic carbocycles. The third-order valence-corrected chi connectivity index (χ3v) is 16.4. The predicted octanol–water partition coefficient (Wildman–Crippen LogP) is 22.7. The highest BCUT2D eigenvalue weighted by atomic mass is 16.5. The molecule has 0 aromatic carbocycles. The van der Waals surface area contributed by atoms with Crippen LogP contribution < -0.4 is 5.32 Å². The van der Waals surface area contributed by atoms with Crippen LogP contribution in [0.25, 0.3) is 0 Å².